The van der Waals surface area contributed by atoms with Crippen molar-refractivity contribution in [1.29, 1.82) is 0 Å². The van der Waals surface area contributed by atoms with Gasteiger partial charge in [0, 0.05) is 19.9 Å². The maximum Gasteiger partial charge on any atom is 0.310 e. The van der Waals surface area contributed by atoms with Crippen molar-refractivity contribution in [3.63, 3.8) is 0 Å². The lowest BCUT2D eigenvalue weighted by Gasteiger charge is -2.05. The lowest BCUT2D eigenvalue weighted by molar-refractivity contribution is -0.134. The third-order valence-electron chi connectivity index (χ3n) is 1.99. The van der Waals surface area contributed by atoms with E-state index in [2.05, 4.69) is 5.32 Å². The summed E-state index contributed by atoms with van der Waals surface area (Å²) in [4.78, 5) is 21.7. The fourth-order valence-electron chi connectivity index (χ4n) is 1.11. The summed E-state index contributed by atoms with van der Waals surface area (Å²) < 4.78 is 5.02. The Labute approximate surface area is 94.6 Å². The molecule has 1 amide bonds. The highest BCUT2D eigenvalue weighted by Gasteiger charge is 2.01. The first-order valence-corrected chi connectivity index (χ1v) is 5.16. The van der Waals surface area contributed by atoms with Crippen LogP contribution in [0.15, 0.2) is 24.3 Å². The number of esters is 1. The Balaban J connectivity index is 2.54. The minimum absolute atomic E-state index is 0.0681. The predicted octanol–water partition coefficient (Wildman–Crippen LogP) is 1.64. The molecule has 0 heterocycles. The van der Waals surface area contributed by atoms with Gasteiger partial charge in [0.25, 0.3) is 0 Å². The van der Waals surface area contributed by atoms with Crippen molar-refractivity contribution in [3.8, 4) is 5.75 Å². The van der Waals surface area contributed by atoms with Crippen LogP contribution in [0.1, 0.15) is 25.8 Å². The summed E-state index contributed by atoms with van der Waals surface area (Å²) in [5.74, 6) is 0.203. The standard InChI is InChI=1S/C12H15NO3/c1-3-12(15)16-11-6-4-10(5-7-11)8-13-9(2)14/h4-7H,3,8H2,1-2H3,(H,13,14). The van der Waals surface area contributed by atoms with E-state index >= 15 is 0 Å². The Morgan fingerprint density at radius 3 is 2.38 bits per heavy atom. The van der Waals surface area contributed by atoms with Crippen LogP contribution in [0.2, 0.25) is 0 Å². The monoisotopic (exact) mass is 221 g/mol. The number of benzene rings is 1. The maximum absolute atomic E-state index is 11.0. The van der Waals surface area contributed by atoms with Crippen molar-refractivity contribution in [1.82, 2.24) is 5.32 Å². The topological polar surface area (TPSA) is 55.4 Å². The molecule has 0 aliphatic rings. The molecule has 16 heavy (non-hydrogen) atoms. The molecule has 1 N–H and O–H groups in total. The van der Waals surface area contributed by atoms with E-state index < -0.39 is 0 Å². The first-order chi connectivity index (χ1) is 7.61. The molecule has 0 spiro atoms. The third-order valence-corrected chi connectivity index (χ3v) is 1.99. The van der Waals surface area contributed by atoms with Crippen LogP contribution in [0.25, 0.3) is 0 Å². The van der Waals surface area contributed by atoms with E-state index in [0.717, 1.165) is 5.56 Å². The van der Waals surface area contributed by atoms with Crippen LogP contribution < -0.4 is 10.1 Å². The van der Waals surface area contributed by atoms with Crippen molar-refractivity contribution in [2.24, 2.45) is 0 Å². The normalized spacial score (nSPS) is 9.62. The van der Waals surface area contributed by atoms with Gasteiger partial charge in [-0.25, -0.2) is 0 Å². The van der Waals surface area contributed by atoms with Gasteiger partial charge in [-0.1, -0.05) is 19.1 Å². The second kappa shape index (κ2) is 5.90. The maximum atomic E-state index is 11.0. The number of hydrogen-bond donors (Lipinski definition) is 1. The predicted molar refractivity (Wildman–Crippen MR) is 59.9 cm³/mol. The molecular formula is C12H15NO3. The van der Waals surface area contributed by atoms with Gasteiger partial charge in [0.1, 0.15) is 5.75 Å². The molecule has 1 rings (SSSR count). The number of rotatable bonds is 4. The second-order valence-electron chi connectivity index (χ2n) is 3.38. The largest absolute Gasteiger partial charge is 0.427 e. The quantitative estimate of drug-likeness (QED) is 0.621. The van der Waals surface area contributed by atoms with Crippen molar-refractivity contribution in [3.05, 3.63) is 29.8 Å². The van der Waals surface area contributed by atoms with E-state index in [1.54, 1.807) is 19.1 Å². The summed E-state index contributed by atoms with van der Waals surface area (Å²) in [7, 11) is 0. The number of carbonyl (C=O) groups excluding carboxylic acids is 2. The smallest absolute Gasteiger partial charge is 0.310 e. The second-order valence-corrected chi connectivity index (χ2v) is 3.38. The summed E-state index contributed by atoms with van der Waals surface area (Å²) in [6.45, 7) is 3.70. The molecule has 0 atom stereocenters. The summed E-state index contributed by atoms with van der Waals surface area (Å²) >= 11 is 0. The van der Waals surface area contributed by atoms with Crippen molar-refractivity contribution in [2.75, 3.05) is 0 Å². The van der Waals surface area contributed by atoms with Crippen LogP contribution in [-0.2, 0) is 16.1 Å². The zero-order valence-corrected chi connectivity index (χ0v) is 9.45. The lowest BCUT2D eigenvalue weighted by Crippen LogP contribution is -2.18. The Bertz CT molecular complexity index is 370. The molecule has 0 aliphatic heterocycles. The molecule has 4 heteroatoms. The average Bonchev–Trinajstić information content (AvgIpc) is 2.28. The number of amides is 1. The van der Waals surface area contributed by atoms with Crippen LogP contribution in [0.5, 0.6) is 5.75 Å². The first kappa shape index (κ1) is 12.2. The minimum atomic E-state index is -0.255. The van der Waals surface area contributed by atoms with E-state index in [1.807, 2.05) is 12.1 Å². The van der Waals surface area contributed by atoms with E-state index in [-0.39, 0.29) is 11.9 Å². The van der Waals surface area contributed by atoms with Gasteiger partial charge in [-0.3, -0.25) is 9.59 Å². The van der Waals surface area contributed by atoms with Crippen LogP contribution in [-0.4, -0.2) is 11.9 Å². The zero-order chi connectivity index (χ0) is 12.0. The summed E-state index contributed by atoms with van der Waals surface area (Å²) in [5, 5.41) is 2.69. The van der Waals surface area contributed by atoms with E-state index in [4.69, 9.17) is 4.74 Å². The molecule has 0 fully saturated rings. The molecule has 0 bridgehead atoms. The lowest BCUT2D eigenvalue weighted by atomic mass is 10.2. The average molecular weight is 221 g/mol. The summed E-state index contributed by atoms with van der Waals surface area (Å²) in [6, 6.07) is 7.05. The van der Waals surface area contributed by atoms with Crippen LogP contribution in [0.4, 0.5) is 0 Å². The Morgan fingerprint density at radius 2 is 1.88 bits per heavy atom. The molecule has 0 unspecified atom stereocenters. The molecule has 86 valence electrons. The fourth-order valence-corrected chi connectivity index (χ4v) is 1.11. The molecule has 0 aromatic heterocycles. The van der Waals surface area contributed by atoms with Gasteiger partial charge >= 0.3 is 5.97 Å². The third kappa shape index (κ3) is 4.13. The molecule has 0 saturated heterocycles. The van der Waals surface area contributed by atoms with Gasteiger partial charge < -0.3 is 10.1 Å². The molecule has 1 aromatic rings. The van der Waals surface area contributed by atoms with Gasteiger partial charge in [0.2, 0.25) is 5.91 Å². The molecule has 1 aromatic carbocycles. The SMILES string of the molecule is CCC(=O)Oc1ccc(CNC(C)=O)cc1. The van der Waals surface area contributed by atoms with Crippen molar-refractivity contribution < 1.29 is 14.3 Å². The van der Waals surface area contributed by atoms with Gasteiger partial charge in [-0.15, -0.1) is 0 Å². The van der Waals surface area contributed by atoms with Crippen molar-refractivity contribution >= 4 is 11.9 Å². The highest BCUT2D eigenvalue weighted by molar-refractivity contribution is 5.73. The molecule has 0 radical (unpaired) electrons. The zero-order valence-electron chi connectivity index (χ0n) is 9.45. The van der Waals surface area contributed by atoms with Gasteiger partial charge in [-0.05, 0) is 17.7 Å². The van der Waals surface area contributed by atoms with E-state index in [0.29, 0.717) is 18.7 Å². The molecule has 0 aliphatic carbocycles. The van der Waals surface area contributed by atoms with Gasteiger partial charge in [0.15, 0.2) is 0 Å². The van der Waals surface area contributed by atoms with Crippen LogP contribution in [0, 0.1) is 0 Å². The van der Waals surface area contributed by atoms with E-state index in [9.17, 15) is 9.59 Å². The molecule has 0 saturated carbocycles. The number of ether oxygens (including phenoxy) is 1. The number of nitrogens with one attached hydrogen (secondary N) is 1. The molecular weight excluding hydrogens is 206 g/mol. The number of hydrogen-bond acceptors (Lipinski definition) is 3. The number of carbonyl (C=O) groups is 2. The Morgan fingerprint density at radius 1 is 1.25 bits per heavy atom. The van der Waals surface area contributed by atoms with Crippen LogP contribution >= 0.6 is 0 Å². The van der Waals surface area contributed by atoms with Gasteiger partial charge in [0.05, 0.1) is 0 Å². The highest BCUT2D eigenvalue weighted by Crippen LogP contribution is 2.12. The summed E-state index contributed by atoms with van der Waals surface area (Å²) in [5.41, 5.74) is 0.964. The first-order valence-electron chi connectivity index (χ1n) is 5.16. The van der Waals surface area contributed by atoms with E-state index in [1.165, 1.54) is 6.92 Å². The molecule has 4 nitrogen and oxygen atoms in total. The van der Waals surface area contributed by atoms with Crippen LogP contribution in [0.3, 0.4) is 0 Å². The highest BCUT2D eigenvalue weighted by atomic mass is 16.5. The Hall–Kier alpha value is -1.84. The van der Waals surface area contributed by atoms with Gasteiger partial charge in [-0.2, -0.15) is 0 Å². The minimum Gasteiger partial charge on any atom is -0.427 e. The Kier molecular flexibility index (Phi) is 4.51. The van der Waals surface area contributed by atoms with Crippen molar-refractivity contribution in [2.45, 2.75) is 26.8 Å². The fraction of sp³-hybridized carbons (Fsp3) is 0.333. The summed E-state index contributed by atoms with van der Waals surface area (Å²) in [6.07, 6.45) is 0.355.